The van der Waals surface area contributed by atoms with E-state index < -0.39 is 17.6 Å². The summed E-state index contributed by atoms with van der Waals surface area (Å²) >= 11 is 0. The summed E-state index contributed by atoms with van der Waals surface area (Å²) in [5, 5.41) is 19.9. The largest absolute Gasteiger partial charge is 0.469 e. The molecular formula is C19H28O6. The van der Waals surface area contributed by atoms with Crippen molar-refractivity contribution >= 4 is 11.9 Å². The van der Waals surface area contributed by atoms with Crippen LogP contribution in [0.5, 0.6) is 0 Å². The van der Waals surface area contributed by atoms with Crippen LogP contribution in [-0.4, -0.2) is 47.6 Å². The SMILES string of the molecule is COC(=O)[C@H]1[C@@H]2[C@H](C)C(=O)O[C@]2(CCCO)[C@@H]2CC[C@@H]3C[C@@]21C[C@@H]3O. The fraction of sp³-hybridized carbons (Fsp3) is 0.895. The van der Waals surface area contributed by atoms with Crippen molar-refractivity contribution < 1.29 is 29.3 Å². The summed E-state index contributed by atoms with van der Waals surface area (Å²) in [6.07, 6.45) is 3.88. The minimum Gasteiger partial charge on any atom is -0.469 e. The third kappa shape index (κ3) is 2.04. The van der Waals surface area contributed by atoms with Gasteiger partial charge in [-0.1, -0.05) is 6.92 Å². The first-order chi connectivity index (χ1) is 11.9. The van der Waals surface area contributed by atoms with Crippen molar-refractivity contribution in [2.24, 2.45) is 35.0 Å². The van der Waals surface area contributed by atoms with Crippen LogP contribution in [0.25, 0.3) is 0 Å². The lowest BCUT2D eigenvalue weighted by Gasteiger charge is -2.43. The maximum atomic E-state index is 12.8. The fourth-order valence-corrected chi connectivity index (χ4v) is 7.12. The summed E-state index contributed by atoms with van der Waals surface area (Å²) in [7, 11) is 1.40. The molecule has 140 valence electrons. The van der Waals surface area contributed by atoms with Gasteiger partial charge in [-0.05, 0) is 49.9 Å². The third-order valence-electron chi connectivity index (χ3n) is 7.81. The van der Waals surface area contributed by atoms with E-state index in [0.29, 0.717) is 19.3 Å². The minimum atomic E-state index is -0.701. The van der Waals surface area contributed by atoms with Gasteiger partial charge >= 0.3 is 11.9 Å². The van der Waals surface area contributed by atoms with Gasteiger partial charge in [-0.3, -0.25) is 9.59 Å². The molecule has 2 N–H and O–H groups in total. The van der Waals surface area contributed by atoms with Crippen LogP contribution in [0.3, 0.4) is 0 Å². The molecule has 0 unspecified atom stereocenters. The Kier molecular flexibility index (Phi) is 3.93. The maximum absolute atomic E-state index is 12.8. The topological polar surface area (TPSA) is 93.1 Å². The average molecular weight is 352 g/mol. The molecule has 6 nitrogen and oxygen atoms in total. The Balaban J connectivity index is 1.85. The van der Waals surface area contributed by atoms with Crippen molar-refractivity contribution in [1.82, 2.24) is 0 Å². The molecule has 1 heterocycles. The van der Waals surface area contributed by atoms with Crippen LogP contribution in [0.2, 0.25) is 0 Å². The zero-order valence-electron chi connectivity index (χ0n) is 14.9. The second kappa shape index (κ2) is 5.68. The predicted octanol–water partition coefficient (Wildman–Crippen LogP) is 1.28. The third-order valence-corrected chi connectivity index (χ3v) is 7.81. The standard InChI is InChI=1S/C19H28O6/c1-10-14-15(17(23)24-2)18-8-11(12(21)9-18)4-5-13(18)19(14,6-3-7-20)25-16(10)22/h10-15,20-21H,3-9H2,1-2H3/t10-,11+,12-,13+,14-,15+,18+,19+/m0/s1. The molecule has 0 aromatic heterocycles. The Morgan fingerprint density at radius 1 is 1.36 bits per heavy atom. The molecule has 1 aliphatic heterocycles. The summed E-state index contributed by atoms with van der Waals surface area (Å²) in [5.41, 5.74) is -1.04. The number of hydrogen-bond acceptors (Lipinski definition) is 6. The lowest BCUT2D eigenvalue weighted by molar-refractivity contribution is -0.160. The molecule has 4 fully saturated rings. The number of methoxy groups -OCH3 is 1. The van der Waals surface area contributed by atoms with Gasteiger partial charge in [0.15, 0.2) is 0 Å². The van der Waals surface area contributed by atoms with E-state index in [1.807, 2.05) is 6.92 Å². The number of fused-ring (bicyclic) bond motifs is 3. The molecule has 8 atom stereocenters. The molecule has 4 aliphatic rings. The van der Waals surface area contributed by atoms with Crippen LogP contribution in [0.4, 0.5) is 0 Å². The van der Waals surface area contributed by atoms with Gasteiger partial charge in [-0.25, -0.2) is 0 Å². The van der Waals surface area contributed by atoms with E-state index in [0.717, 1.165) is 19.3 Å². The zero-order chi connectivity index (χ0) is 18.0. The van der Waals surface area contributed by atoms with E-state index >= 15 is 0 Å². The van der Waals surface area contributed by atoms with Crippen molar-refractivity contribution in [2.75, 3.05) is 13.7 Å². The van der Waals surface area contributed by atoms with Crippen molar-refractivity contribution in [2.45, 2.75) is 57.2 Å². The Morgan fingerprint density at radius 3 is 2.80 bits per heavy atom. The highest BCUT2D eigenvalue weighted by molar-refractivity contribution is 5.81. The number of aliphatic hydroxyl groups excluding tert-OH is 2. The van der Waals surface area contributed by atoms with Gasteiger partial charge in [0.1, 0.15) is 5.60 Å². The number of esters is 2. The molecule has 1 spiro atoms. The zero-order valence-corrected chi connectivity index (χ0v) is 14.9. The highest BCUT2D eigenvalue weighted by Gasteiger charge is 2.77. The second-order valence-electron chi connectivity index (χ2n) is 8.62. The summed E-state index contributed by atoms with van der Waals surface area (Å²) in [4.78, 5) is 25.3. The number of aliphatic hydroxyl groups is 2. The molecule has 3 saturated carbocycles. The predicted molar refractivity (Wildman–Crippen MR) is 87.2 cm³/mol. The highest BCUT2D eigenvalue weighted by Crippen LogP contribution is 2.73. The first kappa shape index (κ1) is 17.3. The van der Waals surface area contributed by atoms with Gasteiger partial charge in [-0.15, -0.1) is 0 Å². The molecule has 6 heteroatoms. The van der Waals surface area contributed by atoms with Crippen LogP contribution in [0.1, 0.15) is 45.4 Å². The molecule has 1 saturated heterocycles. The molecule has 25 heavy (non-hydrogen) atoms. The maximum Gasteiger partial charge on any atom is 0.309 e. The van der Waals surface area contributed by atoms with Crippen molar-refractivity contribution in [3.8, 4) is 0 Å². The van der Waals surface area contributed by atoms with Crippen LogP contribution >= 0.6 is 0 Å². The molecule has 0 aromatic carbocycles. The first-order valence-electron chi connectivity index (χ1n) is 9.51. The average Bonchev–Trinajstić information content (AvgIpc) is 3.09. The van der Waals surface area contributed by atoms with Crippen LogP contribution in [0, 0.1) is 35.0 Å². The lowest BCUT2D eigenvalue weighted by atomic mass is 9.63. The molecule has 0 amide bonds. The van der Waals surface area contributed by atoms with E-state index in [-0.39, 0.29) is 47.6 Å². The monoisotopic (exact) mass is 352 g/mol. The molecule has 0 aromatic rings. The smallest absolute Gasteiger partial charge is 0.309 e. The summed E-state index contributed by atoms with van der Waals surface area (Å²) in [6.45, 7) is 1.88. The van der Waals surface area contributed by atoms with Gasteiger partial charge in [0.25, 0.3) is 0 Å². The minimum absolute atomic E-state index is 0.0360. The van der Waals surface area contributed by atoms with Crippen molar-refractivity contribution in [1.29, 1.82) is 0 Å². The van der Waals surface area contributed by atoms with E-state index in [2.05, 4.69) is 0 Å². The van der Waals surface area contributed by atoms with Gasteiger partial charge in [0.2, 0.25) is 0 Å². The number of rotatable bonds is 4. The Labute approximate surface area is 147 Å². The van der Waals surface area contributed by atoms with Crippen molar-refractivity contribution in [3.05, 3.63) is 0 Å². The summed E-state index contributed by atoms with van der Waals surface area (Å²) in [5.74, 6) is -1.24. The van der Waals surface area contributed by atoms with Crippen LogP contribution in [-0.2, 0) is 19.1 Å². The molecule has 4 rings (SSSR count). The van der Waals surface area contributed by atoms with Crippen LogP contribution in [0.15, 0.2) is 0 Å². The van der Waals surface area contributed by atoms with Gasteiger partial charge in [-0.2, -0.15) is 0 Å². The molecule has 3 aliphatic carbocycles. The number of ether oxygens (including phenoxy) is 2. The number of carbonyl (C=O) groups excluding carboxylic acids is 2. The number of hydrogen-bond donors (Lipinski definition) is 2. The first-order valence-corrected chi connectivity index (χ1v) is 9.51. The molecular weight excluding hydrogens is 324 g/mol. The van der Waals surface area contributed by atoms with Gasteiger partial charge in [0.05, 0.1) is 25.0 Å². The lowest BCUT2D eigenvalue weighted by Crippen LogP contribution is -2.44. The Hall–Kier alpha value is -1.14. The Morgan fingerprint density at radius 2 is 2.12 bits per heavy atom. The quantitative estimate of drug-likeness (QED) is 0.741. The van der Waals surface area contributed by atoms with E-state index in [4.69, 9.17) is 9.47 Å². The van der Waals surface area contributed by atoms with Gasteiger partial charge < -0.3 is 19.7 Å². The van der Waals surface area contributed by atoms with E-state index in [1.54, 1.807) is 0 Å². The van der Waals surface area contributed by atoms with Crippen molar-refractivity contribution in [3.63, 3.8) is 0 Å². The van der Waals surface area contributed by atoms with E-state index in [9.17, 15) is 19.8 Å². The normalized spacial score (nSPS) is 50.3. The fourth-order valence-electron chi connectivity index (χ4n) is 7.12. The second-order valence-corrected chi connectivity index (χ2v) is 8.62. The van der Waals surface area contributed by atoms with E-state index in [1.165, 1.54) is 7.11 Å². The summed E-state index contributed by atoms with van der Waals surface area (Å²) < 4.78 is 11.2. The van der Waals surface area contributed by atoms with Gasteiger partial charge in [0, 0.05) is 18.4 Å². The highest BCUT2D eigenvalue weighted by atomic mass is 16.6. The van der Waals surface area contributed by atoms with Crippen LogP contribution < -0.4 is 0 Å². The number of carbonyl (C=O) groups is 2. The summed E-state index contributed by atoms with van der Waals surface area (Å²) in [6, 6.07) is 0. The molecule has 2 bridgehead atoms. The molecule has 0 radical (unpaired) electrons. The Bertz CT molecular complexity index is 586.